The quantitative estimate of drug-likeness (QED) is 0.742. The van der Waals surface area contributed by atoms with Gasteiger partial charge in [-0.25, -0.2) is 0 Å². The van der Waals surface area contributed by atoms with Crippen LogP contribution in [0, 0.1) is 11.8 Å². The average molecular weight is 250 g/mol. The van der Waals surface area contributed by atoms with Gasteiger partial charge in [0.2, 0.25) is 0 Å². The summed E-state index contributed by atoms with van der Waals surface area (Å²) in [6.45, 7) is 8.96. The van der Waals surface area contributed by atoms with Gasteiger partial charge in [0.25, 0.3) is 0 Å². The molecule has 3 aliphatic rings. The summed E-state index contributed by atoms with van der Waals surface area (Å²) in [5, 5.41) is 0. The molecule has 104 valence electrons. The third-order valence-electron chi connectivity index (χ3n) is 5.54. The van der Waals surface area contributed by atoms with Gasteiger partial charge in [-0.2, -0.15) is 0 Å². The average Bonchev–Trinajstić information content (AvgIpc) is 2.66. The summed E-state index contributed by atoms with van der Waals surface area (Å²) >= 11 is 0. The molecule has 0 bridgehead atoms. The van der Waals surface area contributed by atoms with E-state index in [0.717, 1.165) is 24.0 Å². The molecule has 4 atom stereocenters. The largest absolute Gasteiger partial charge is 0.286 e. The molecule has 1 aliphatic carbocycles. The second kappa shape index (κ2) is 5.50. The molecule has 0 aromatic carbocycles. The van der Waals surface area contributed by atoms with Crippen LogP contribution in [0.2, 0.25) is 0 Å². The highest BCUT2D eigenvalue weighted by molar-refractivity contribution is 4.91. The van der Waals surface area contributed by atoms with Gasteiger partial charge in [0, 0.05) is 19.1 Å². The van der Waals surface area contributed by atoms with Crippen molar-refractivity contribution in [1.82, 2.24) is 9.80 Å². The molecule has 18 heavy (non-hydrogen) atoms. The first-order valence-corrected chi connectivity index (χ1v) is 8.24. The van der Waals surface area contributed by atoms with Crippen LogP contribution in [0.4, 0.5) is 0 Å². The highest BCUT2D eigenvalue weighted by Gasteiger charge is 2.39. The van der Waals surface area contributed by atoms with Gasteiger partial charge in [-0.15, -0.1) is 0 Å². The fraction of sp³-hybridized carbons (Fsp3) is 1.00. The Morgan fingerprint density at radius 2 is 1.89 bits per heavy atom. The second-order valence-electron chi connectivity index (χ2n) is 7.15. The van der Waals surface area contributed by atoms with Gasteiger partial charge < -0.3 is 0 Å². The lowest BCUT2D eigenvalue weighted by molar-refractivity contribution is 0.0660. The number of nitrogens with zero attached hydrogens (tertiary/aromatic N) is 2. The van der Waals surface area contributed by atoms with Gasteiger partial charge in [-0.3, -0.25) is 9.80 Å². The van der Waals surface area contributed by atoms with Gasteiger partial charge >= 0.3 is 0 Å². The molecule has 0 N–H and O–H groups in total. The molecule has 0 radical (unpaired) electrons. The van der Waals surface area contributed by atoms with E-state index in [1.54, 1.807) is 0 Å². The SMILES string of the molecule is CC1CCCC(CN2C(C)CN3CCCCC32)C1. The van der Waals surface area contributed by atoms with Gasteiger partial charge in [0.15, 0.2) is 0 Å². The van der Waals surface area contributed by atoms with Crippen LogP contribution in [0.15, 0.2) is 0 Å². The summed E-state index contributed by atoms with van der Waals surface area (Å²) in [5.74, 6) is 1.96. The monoisotopic (exact) mass is 250 g/mol. The zero-order chi connectivity index (χ0) is 12.5. The standard InChI is InChI=1S/C16H30N2/c1-13-6-5-7-15(10-13)12-18-14(2)11-17-9-4-3-8-16(17)18/h13-16H,3-12H2,1-2H3. The molecule has 2 heteroatoms. The van der Waals surface area contributed by atoms with E-state index in [0.29, 0.717) is 0 Å². The summed E-state index contributed by atoms with van der Waals surface area (Å²) < 4.78 is 0. The number of hydrogen-bond acceptors (Lipinski definition) is 2. The third kappa shape index (κ3) is 2.60. The maximum Gasteiger partial charge on any atom is 0.0625 e. The fourth-order valence-electron chi connectivity index (χ4n) is 4.63. The zero-order valence-electron chi connectivity index (χ0n) is 12.3. The molecule has 0 amide bonds. The summed E-state index contributed by atoms with van der Waals surface area (Å²) in [5.41, 5.74) is 0. The molecule has 2 nitrogen and oxygen atoms in total. The smallest absolute Gasteiger partial charge is 0.0625 e. The topological polar surface area (TPSA) is 6.48 Å². The minimum atomic E-state index is 0.797. The molecular formula is C16H30N2. The molecule has 0 spiro atoms. The molecule has 0 aromatic heterocycles. The van der Waals surface area contributed by atoms with Crippen LogP contribution in [0.1, 0.15) is 58.8 Å². The third-order valence-corrected chi connectivity index (χ3v) is 5.54. The van der Waals surface area contributed by atoms with E-state index < -0.39 is 0 Å². The van der Waals surface area contributed by atoms with Crippen LogP contribution in [-0.2, 0) is 0 Å². The lowest BCUT2D eigenvalue weighted by Gasteiger charge is -2.38. The van der Waals surface area contributed by atoms with E-state index in [2.05, 4.69) is 23.6 Å². The first-order valence-electron chi connectivity index (χ1n) is 8.24. The van der Waals surface area contributed by atoms with Crippen LogP contribution in [0.3, 0.4) is 0 Å². The Morgan fingerprint density at radius 3 is 2.72 bits per heavy atom. The number of rotatable bonds is 2. The summed E-state index contributed by atoms with van der Waals surface area (Å²) in [7, 11) is 0. The van der Waals surface area contributed by atoms with E-state index in [9.17, 15) is 0 Å². The van der Waals surface area contributed by atoms with E-state index in [1.165, 1.54) is 64.6 Å². The lowest BCUT2D eigenvalue weighted by Crippen LogP contribution is -2.45. The van der Waals surface area contributed by atoms with Gasteiger partial charge in [-0.1, -0.05) is 19.8 Å². The molecule has 2 saturated heterocycles. The van der Waals surface area contributed by atoms with Crippen LogP contribution in [0.25, 0.3) is 0 Å². The minimum Gasteiger partial charge on any atom is -0.286 e. The second-order valence-corrected chi connectivity index (χ2v) is 7.15. The molecule has 2 heterocycles. The van der Waals surface area contributed by atoms with Crippen molar-refractivity contribution in [1.29, 1.82) is 0 Å². The van der Waals surface area contributed by atoms with Crippen LogP contribution >= 0.6 is 0 Å². The molecule has 2 aliphatic heterocycles. The Hall–Kier alpha value is -0.0800. The Labute approximate surface area is 113 Å². The van der Waals surface area contributed by atoms with Crippen molar-refractivity contribution in [2.75, 3.05) is 19.6 Å². The van der Waals surface area contributed by atoms with Crippen molar-refractivity contribution in [3.05, 3.63) is 0 Å². The highest BCUT2D eigenvalue weighted by atomic mass is 15.4. The normalized spacial score (nSPS) is 43.0. The van der Waals surface area contributed by atoms with E-state index in [-0.39, 0.29) is 0 Å². The number of hydrogen-bond donors (Lipinski definition) is 0. The molecule has 4 unspecified atom stereocenters. The fourth-order valence-corrected chi connectivity index (χ4v) is 4.63. The number of fused-ring (bicyclic) bond motifs is 1. The minimum absolute atomic E-state index is 0.797. The van der Waals surface area contributed by atoms with E-state index in [1.807, 2.05) is 0 Å². The van der Waals surface area contributed by atoms with Crippen LogP contribution < -0.4 is 0 Å². The van der Waals surface area contributed by atoms with Crippen LogP contribution in [0.5, 0.6) is 0 Å². The zero-order valence-corrected chi connectivity index (χ0v) is 12.3. The summed E-state index contributed by atoms with van der Waals surface area (Å²) in [4.78, 5) is 5.60. The summed E-state index contributed by atoms with van der Waals surface area (Å²) in [6.07, 6.45) is 11.0. The first kappa shape index (κ1) is 12.9. The predicted molar refractivity (Wildman–Crippen MR) is 76.5 cm³/mol. The highest BCUT2D eigenvalue weighted by Crippen LogP contribution is 2.34. The van der Waals surface area contributed by atoms with Crippen LogP contribution in [-0.4, -0.2) is 41.6 Å². The van der Waals surface area contributed by atoms with Crippen molar-refractivity contribution in [2.45, 2.75) is 71.0 Å². The summed E-state index contributed by atoms with van der Waals surface area (Å²) in [6, 6.07) is 0.797. The Kier molecular flexibility index (Phi) is 3.95. The van der Waals surface area contributed by atoms with Crippen molar-refractivity contribution in [2.24, 2.45) is 11.8 Å². The van der Waals surface area contributed by atoms with E-state index in [4.69, 9.17) is 0 Å². The molecule has 3 fully saturated rings. The number of piperidine rings is 1. The molecule has 1 saturated carbocycles. The van der Waals surface area contributed by atoms with Crippen molar-refractivity contribution in [3.8, 4) is 0 Å². The van der Waals surface area contributed by atoms with Crippen molar-refractivity contribution < 1.29 is 0 Å². The molecular weight excluding hydrogens is 220 g/mol. The maximum absolute atomic E-state index is 2.85. The maximum atomic E-state index is 2.85. The lowest BCUT2D eigenvalue weighted by atomic mass is 9.82. The van der Waals surface area contributed by atoms with Crippen molar-refractivity contribution >= 4 is 0 Å². The van der Waals surface area contributed by atoms with E-state index >= 15 is 0 Å². The molecule has 3 rings (SSSR count). The van der Waals surface area contributed by atoms with Gasteiger partial charge in [-0.05, 0) is 57.4 Å². The predicted octanol–water partition coefficient (Wildman–Crippen LogP) is 3.33. The molecule has 0 aromatic rings. The van der Waals surface area contributed by atoms with Gasteiger partial charge in [0.05, 0.1) is 6.17 Å². The Balaban J connectivity index is 1.60. The first-order chi connectivity index (χ1) is 8.74. The Bertz CT molecular complexity index is 278. The van der Waals surface area contributed by atoms with Gasteiger partial charge in [0.1, 0.15) is 0 Å². The van der Waals surface area contributed by atoms with Crippen molar-refractivity contribution in [3.63, 3.8) is 0 Å². The Morgan fingerprint density at radius 1 is 1.00 bits per heavy atom.